The van der Waals surface area contributed by atoms with E-state index < -0.39 is 6.10 Å². The highest BCUT2D eigenvalue weighted by molar-refractivity contribution is 5.89. The fraction of sp³-hybridized carbons (Fsp3) is 0.562. The van der Waals surface area contributed by atoms with Crippen LogP contribution in [0.3, 0.4) is 0 Å². The molecule has 1 saturated heterocycles. The number of amides is 2. The predicted molar refractivity (Wildman–Crippen MR) is 84.4 cm³/mol. The molecular weight excluding hydrogens is 266 g/mol. The van der Waals surface area contributed by atoms with Crippen LogP contribution in [-0.4, -0.2) is 53.7 Å². The van der Waals surface area contributed by atoms with Crippen LogP contribution >= 0.6 is 0 Å². The van der Waals surface area contributed by atoms with E-state index in [4.69, 9.17) is 0 Å². The van der Waals surface area contributed by atoms with Crippen LogP contribution in [0.1, 0.15) is 31.9 Å². The smallest absolute Gasteiger partial charge is 0.321 e. The first-order valence-corrected chi connectivity index (χ1v) is 7.55. The number of urea groups is 1. The van der Waals surface area contributed by atoms with Crippen LogP contribution in [0.25, 0.3) is 0 Å². The Labute approximate surface area is 126 Å². The summed E-state index contributed by atoms with van der Waals surface area (Å²) in [5.74, 6) is 0. The first-order valence-electron chi connectivity index (χ1n) is 7.55. The molecule has 116 valence electrons. The topological polar surface area (TPSA) is 55.8 Å². The molecule has 0 radical (unpaired) electrons. The summed E-state index contributed by atoms with van der Waals surface area (Å²) in [4.78, 5) is 16.5. The maximum Gasteiger partial charge on any atom is 0.321 e. The second kappa shape index (κ2) is 6.91. The highest BCUT2D eigenvalue weighted by atomic mass is 16.3. The summed E-state index contributed by atoms with van der Waals surface area (Å²) >= 11 is 0. The van der Waals surface area contributed by atoms with E-state index in [1.165, 1.54) is 0 Å². The van der Waals surface area contributed by atoms with E-state index in [9.17, 15) is 9.90 Å². The van der Waals surface area contributed by atoms with Crippen LogP contribution in [0.5, 0.6) is 0 Å². The number of nitrogens with one attached hydrogen (secondary N) is 1. The Morgan fingerprint density at radius 1 is 1.38 bits per heavy atom. The molecule has 5 heteroatoms. The predicted octanol–water partition coefficient (Wildman–Crippen LogP) is 2.30. The summed E-state index contributed by atoms with van der Waals surface area (Å²) in [5.41, 5.74) is 1.61. The summed E-state index contributed by atoms with van der Waals surface area (Å²) in [5, 5.41) is 12.4. The van der Waals surface area contributed by atoms with Crippen LogP contribution in [-0.2, 0) is 0 Å². The first kappa shape index (κ1) is 15.8. The quantitative estimate of drug-likeness (QED) is 0.898. The van der Waals surface area contributed by atoms with Gasteiger partial charge >= 0.3 is 6.03 Å². The summed E-state index contributed by atoms with van der Waals surface area (Å²) in [6.07, 6.45) is 0.557. The zero-order valence-corrected chi connectivity index (χ0v) is 13.0. The van der Waals surface area contributed by atoms with Gasteiger partial charge in [-0.3, -0.25) is 4.90 Å². The zero-order chi connectivity index (χ0) is 15.4. The van der Waals surface area contributed by atoms with Crippen LogP contribution in [0.2, 0.25) is 0 Å². The minimum atomic E-state index is -0.488. The fourth-order valence-corrected chi connectivity index (χ4v) is 2.62. The lowest BCUT2D eigenvalue weighted by Gasteiger charge is -2.39. The maximum atomic E-state index is 12.3. The van der Waals surface area contributed by atoms with Crippen molar-refractivity contribution >= 4 is 11.7 Å². The van der Waals surface area contributed by atoms with Gasteiger partial charge in [0.25, 0.3) is 0 Å². The lowest BCUT2D eigenvalue weighted by Crippen LogP contribution is -2.53. The molecule has 0 saturated carbocycles. The zero-order valence-electron chi connectivity index (χ0n) is 13.0. The molecule has 1 fully saturated rings. The Hall–Kier alpha value is -1.59. The number of likely N-dealkylation sites (N-methyl/N-ethyl adjacent to an activating group) is 1. The average Bonchev–Trinajstić information content (AvgIpc) is 2.48. The number of piperazine rings is 1. The Morgan fingerprint density at radius 3 is 2.62 bits per heavy atom. The number of hydrogen-bond donors (Lipinski definition) is 2. The number of anilines is 1. The van der Waals surface area contributed by atoms with Crippen molar-refractivity contribution in [3.63, 3.8) is 0 Å². The van der Waals surface area contributed by atoms with Gasteiger partial charge in [-0.25, -0.2) is 4.79 Å². The molecule has 0 bridgehead atoms. The number of rotatable bonds is 3. The third-order valence-electron chi connectivity index (χ3n) is 4.18. The van der Waals surface area contributed by atoms with Crippen LogP contribution in [0.15, 0.2) is 24.3 Å². The van der Waals surface area contributed by atoms with Crippen molar-refractivity contribution in [1.29, 1.82) is 0 Å². The van der Waals surface area contributed by atoms with Gasteiger partial charge in [0.15, 0.2) is 0 Å². The molecule has 2 rings (SSSR count). The number of aliphatic hydroxyl groups is 1. The Bertz CT molecular complexity index is 473. The minimum absolute atomic E-state index is 0.0497. The number of carbonyl (C=O) groups excluding carboxylic acids is 1. The molecule has 1 aromatic rings. The Kier molecular flexibility index (Phi) is 5.20. The SMILES string of the molecule is CCC1CN(C(=O)Nc2ccc(C(C)O)cc2)CCN1C. The number of aliphatic hydroxyl groups excluding tert-OH is 1. The molecule has 2 amide bonds. The molecule has 21 heavy (non-hydrogen) atoms. The number of nitrogens with zero attached hydrogens (tertiary/aromatic N) is 2. The van der Waals surface area contributed by atoms with E-state index in [2.05, 4.69) is 24.2 Å². The maximum absolute atomic E-state index is 12.3. The van der Waals surface area contributed by atoms with Gasteiger partial charge in [0, 0.05) is 31.4 Å². The van der Waals surface area contributed by atoms with Gasteiger partial charge in [0.2, 0.25) is 0 Å². The van der Waals surface area contributed by atoms with Gasteiger partial charge in [-0.15, -0.1) is 0 Å². The van der Waals surface area contributed by atoms with Gasteiger partial charge < -0.3 is 15.3 Å². The van der Waals surface area contributed by atoms with Crippen molar-refractivity contribution in [3.8, 4) is 0 Å². The van der Waals surface area contributed by atoms with E-state index >= 15 is 0 Å². The van der Waals surface area contributed by atoms with Gasteiger partial charge in [-0.1, -0.05) is 19.1 Å². The van der Waals surface area contributed by atoms with Crippen molar-refractivity contribution < 1.29 is 9.90 Å². The molecule has 0 spiro atoms. The highest BCUT2D eigenvalue weighted by Gasteiger charge is 2.25. The van der Waals surface area contributed by atoms with E-state index in [1.54, 1.807) is 6.92 Å². The van der Waals surface area contributed by atoms with Gasteiger partial charge in [0.05, 0.1) is 6.10 Å². The molecule has 1 aromatic carbocycles. The van der Waals surface area contributed by atoms with Crippen molar-refractivity contribution in [1.82, 2.24) is 9.80 Å². The molecule has 1 heterocycles. The monoisotopic (exact) mass is 291 g/mol. The lowest BCUT2D eigenvalue weighted by molar-refractivity contribution is 0.114. The molecule has 5 nitrogen and oxygen atoms in total. The third kappa shape index (κ3) is 3.95. The van der Waals surface area contributed by atoms with Crippen LogP contribution < -0.4 is 5.32 Å². The van der Waals surface area contributed by atoms with E-state index in [1.807, 2.05) is 29.2 Å². The first-order chi connectivity index (χ1) is 10.0. The Morgan fingerprint density at radius 2 is 2.05 bits per heavy atom. The summed E-state index contributed by atoms with van der Waals surface area (Å²) < 4.78 is 0. The molecule has 1 aliphatic rings. The second-order valence-electron chi connectivity index (χ2n) is 5.72. The number of benzene rings is 1. The van der Waals surface area contributed by atoms with E-state index in [-0.39, 0.29) is 6.03 Å². The molecule has 2 unspecified atom stereocenters. The number of carbonyl (C=O) groups is 1. The molecule has 1 aliphatic heterocycles. The lowest BCUT2D eigenvalue weighted by atomic mass is 10.1. The van der Waals surface area contributed by atoms with Crippen molar-refractivity contribution in [2.45, 2.75) is 32.4 Å². The molecule has 2 N–H and O–H groups in total. The van der Waals surface area contributed by atoms with Gasteiger partial charge in [-0.2, -0.15) is 0 Å². The van der Waals surface area contributed by atoms with Crippen molar-refractivity contribution in [3.05, 3.63) is 29.8 Å². The van der Waals surface area contributed by atoms with Gasteiger partial charge in [0.1, 0.15) is 0 Å². The number of hydrogen-bond acceptors (Lipinski definition) is 3. The molecule has 2 atom stereocenters. The van der Waals surface area contributed by atoms with Crippen LogP contribution in [0.4, 0.5) is 10.5 Å². The van der Waals surface area contributed by atoms with Crippen LogP contribution in [0, 0.1) is 0 Å². The highest BCUT2D eigenvalue weighted by Crippen LogP contribution is 2.17. The van der Waals surface area contributed by atoms with Gasteiger partial charge in [-0.05, 0) is 38.1 Å². The summed E-state index contributed by atoms with van der Waals surface area (Å²) in [7, 11) is 2.11. The fourth-order valence-electron chi connectivity index (χ4n) is 2.62. The Balaban J connectivity index is 1.95. The minimum Gasteiger partial charge on any atom is -0.389 e. The normalized spacial score (nSPS) is 21.1. The summed E-state index contributed by atoms with van der Waals surface area (Å²) in [6, 6.07) is 7.70. The summed E-state index contributed by atoms with van der Waals surface area (Å²) in [6.45, 7) is 6.31. The molecular formula is C16H25N3O2. The molecule has 0 aliphatic carbocycles. The largest absolute Gasteiger partial charge is 0.389 e. The third-order valence-corrected chi connectivity index (χ3v) is 4.18. The second-order valence-corrected chi connectivity index (χ2v) is 5.72. The van der Waals surface area contributed by atoms with Crippen molar-refractivity contribution in [2.75, 3.05) is 32.0 Å². The molecule has 0 aromatic heterocycles. The van der Waals surface area contributed by atoms with Crippen molar-refractivity contribution in [2.24, 2.45) is 0 Å². The average molecular weight is 291 g/mol. The van der Waals surface area contributed by atoms with E-state index in [0.29, 0.717) is 6.04 Å². The standard InChI is InChI=1S/C16H25N3O2/c1-4-15-11-19(10-9-18(15)3)16(21)17-14-7-5-13(6-8-14)12(2)20/h5-8,12,15,20H,4,9-11H2,1-3H3,(H,17,21). The van der Waals surface area contributed by atoms with E-state index in [0.717, 1.165) is 37.3 Å².